The summed E-state index contributed by atoms with van der Waals surface area (Å²) in [4.78, 5) is 12.6. The molecule has 4 rings (SSSR count). The number of fused-ring (bicyclic) bond motifs is 1. The number of nitrogens with one attached hydrogen (secondary N) is 1. The van der Waals surface area contributed by atoms with Gasteiger partial charge in [0, 0.05) is 11.5 Å². The Labute approximate surface area is 147 Å². The molecule has 0 bridgehead atoms. The predicted molar refractivity (Wildman–Crippen MR) is 99.3 cm³/mol. The third-order valence-corrected chi connectivity index (χ3v) is 5.10. The highest BCUT2D eigenvalue weighted by atomic mass is 16.3. The number of hydrogen-bond donors (Lipinski definition) is 2. The van der Waals surface area contributed by atoms with E-state index in [9.17, 15) is 9.90 Å². The van der Waals surface area contributed by atoms with Gasteiger partial charge in [-0.05, 0) is 34.7 Å². The van der Waals surface area contributed by atoms with E-state index in [1.165, 1.54) is 0 Å². The molecule has 0 heterocycles. The number of phenols is 1. The third kappa shape index (κ3) is 2.98. The molecular weight excluding hydrogens is 310 g/mol. The normalized spacial score (nSPS) is 20.2. The molecule has 0 aromatic heterocycles. The second-order valence-corrected chi connectivity index (χ2v) is 6.89. The van der Waals surface area contributed by atoms with E-state index >= 15 is 0 Å². The first-order chi connectivity index (χ1) is 12.1. The van der Waals surface area contributed by atoms with Gasteiger partial charge in [-0.25, -0.2) is 0 Å². The summed E-state index contributed by atoms with van der Waals surface area (Å²) < 4.78 is 0. The van der Waals surface area contributed by atoms with Crippen LogP contribution in [0.15, 0.2) is 66.7 Å². The fourth-order valence-corrected chi connectivity index (χ4v) is 3.49. The van der Waals surface area contributed by atoms with Crippen LogP contribution in [0.2, 0.25) is 0 Å². The Hall–Kier alpha value is -2.81. The van der Waals surface area contributed by atoms with Crippen LogP contribution in [0.4, 0.5) is 0 Å². The van der Waals surface area contributed by atoms with E-state index in [1.54, 1.807) is 6.07 Å². The van der Waals surface area contributed by atoms with Crippen LogP contribution in [-0.4, -0.2) is 11.0 Å². The average molecular weight is 331 g/mol. The van der Waals surface area contributed by atoms with Crippen LogP contribution in [0, 0.1) is 11.8 Å². The van der Waals surface area contributed by atoms with E-state index in [-0.39, 0.29) is 23.6 Å². The molecular formula is C22H21NO2. The predicted octanol–water partition coefficient (Wildman–Crippen LogP) is 4.41. The number of rotatable bonds is 4. The van der Waals surface area contributed by atoms with Crippen molar-refractivity contribution in [2.24, 2.45) is 11.8 Å². The fourth-order valence-electron chi connectivity index (χ4n) is 3.49. The smallest absolute Gasteiger partial charge is 0.224 e. The van der Waals surface area contributed by atoms with Crippen molar-refractivity contribution in [3.8, 4) is 5.75 Å². The highest BCUT2D eigenvalue weighted by molar-refractivity contribution is 5.90. The molecule has 3 unspecified atom stereocenters. The minimum Gasteiger partial charge on any atom is -0.508 e. The van der Waals surface area contributed by atoms with Crippen LogP contribution < -0.4 is 5.32 Å². The first-order valence-corrected chi connectivity index (χ1v) is 8.71. The SMILES string of the molecule is CC1CC1C(=O)NC(c1ccccc1)c1c(O)ccc2ccccc12. The van der Waals surface area contributed by atoms with E-state index in [2.05, 4.69) is 12.2 Å². The summed E-state index contributed by atoms with van der Waals surface area (Å²) in [5.74, 6) is 0.797. The lowest BCUT2D eigenvalue weighted by Crippen LogP contribution is -2.31. The molecule has 1 amide bonds. The minimum absolute atomic E-state index is 0.0636. The van der Waals surface area contributed by atoms with E-state index in [1.807, 2.05) is 60.7 Å². The van der Waals surface area contributed by atoms with Crippen LogP contribution in [0.5, 0.6) is 5.75 Å². The van der Waals surface area contributed by atoms with Gasteiger partial charge in [0.2, 0.25) is 5.91 Å². The Morgan fingerprint density at radius 2 is 1.72 bits per heavy atom. The maximum atomic E-state index is 12.6. The summed E-state index contributed by atoms with van der Waals surface area (Å²) in [6, 6.07) is 21.0. The summed E-state index contributed by atoms with van der Waals surface area (Å²) in [7, 11) is 0. The van der Waals surface area contributed by atoms with Crippen molar-refractivity contribution in [2.45, 2.75) is 19.4 Å². The summed E-state index contributed by atoms with van der Waals surface area (Å²) >= 11 is 0. The maximum Gasteiger partial charge on any atom is 0.224 e. The number of amides is 1. The summed E-state index contributed by atoms with van der Waals surface area (Å²) in [5.41, 5.74) is 1.72. The van der Waals surface area contributed by atoms with Crippen LogP contribution in [0.1, 0.15) is 30.5 Å². The first-order valence-electron chi connectivity index (χ1n) is 8.71. The van der Waals surface area contributed by atoms with Gasteiger partial charge in [-0.1, -0.05) is 67.6 Å². The molecule has 3 aromatic rings. The van der Waals surface area contributed by atoms with Gasteiger partial charge in [0.1, 0.15) is 5.75 Å². The molecule has 0 spiro atoms. The van der Waals surface area contributed by atoms with E-state index in [0.29, 0.717) is 5.92 Å². The average Bonchev–Trinajstić information content (AvgIpc) is 3.38. The number of phenolic OH excluding ortho intramolecular Hbond substituents is 1. The van der Waals surface area contributed by atoms with Gasteiger partial charge in [0.25, 0.3) is 0 Å². The fraction of sp³-hybridized carbons (Fsp3) is 0.227. The van der Waals surface area contributed by atoms with Crippen molar-refractivity contribution in [2.75, 3.05) is 0 Å². The Kier molecular flexibility index (Phi) is 3.92. The first kappa shape index (κ1) is 15.7. The maximum absolute atomic E-state index is 12.6. The lowest BCUT2D eigenvalue weighted by atomic mass is 9.92. The molecule has 3 nitrogen and oxygen atoms in total. The molecule has 126 valence electrons. The van der Waals surface area contributed by atoms with E-state index < -0.39 is 0 Å². The zero-order valence-electron chi connectivity index (χ0n) is 14.1. The van der Waals surface area contributed by atoms with Gasteiger partial charge in [0.15, 0.2) is 0 Å². The second kappa shape index (κ2) is 6.25. The number of benzene rings is 3. The van der Waals surface area contributed by atoms with Crippen molar-refractivity contribution in [3.63, 3.8) is 0 Å². The van der Waals surface area contributed by atoms with Gasteiger partial charge in [0.05, 0.1) is 6.04 Å². The molecule has 25 heavy (non-hydrogen) atoms. The second-order valence-electron chi connectivity index (χ2n) is 6.89. The minimum atomic E-state index is -0.368. The van der Waals surface area contributed by atoms with E-state index in [4.69, 9.17) is 0 Å². The molecule has 1 saturated carbocycles. The number of aromatic hydroxyl groups is 1. The molecule has 3 aromatic carbocycles. The number of carbonyl (C=O) groups excluding carboxylic acids is 1. The standard InChI is InChI=1S/C22H21NO2/c1-14-13-18(14)22(25)23-21(16-8-3-2-4-9-16)20-17-10-6-5-7-15(17)11-12-19(20)24/h2-12,14,18,21,24H,13H2,1H3,(H,23,25). The highest BCUT2D eigenvalue weighted by Crippen LogP contribution is 2.40. The Morgan fingerprint density at radius 3 is 2.44 bits per heavy atom. The summed E-state index contributed by atoms with van der Waals surface area (Å²) in [6.07, 6.45) is 0.939. The van der Waals surface area contributed by atoms with Gasteiger partial charge in [-0.2, -0.15) is 0 Å². The molecule has 2 N–H and O–H groups in total. The van der Waals surface area contributed by atoms with Gasteiger partial charge in [-0.15, -0.1) is 0 Å². The molecule has 1 aliphatic rings. The van der Waals surface area contributed by atoms with Crippen LogP contribution >= 0.6 is 0 Å². The molecule has 1 aliphatic carbocycles. The van der Waals surface area contributed by atoms with Crippen LogP contribution in [-0.2, 0) is 4.79 Å². The lowest BCUT2D eigenvalue weighted by Gasteiger charge is -2.22. The van der Waals surface area contributed by atoms with Crippen LogP contribution in [0.25, 0.3) is 10.8 Å². The van der Waals surface area contributed by atoms with Gasteiger partial charge >= 0.3 is 0 Å². The Morgan fingerprint density at radius 1 is 1.04 bits per heavy atom. The van der Waals surface area contributed by atoms with Gasteiger partial charge < -0.3 is 10.4 Å². The zero-order valence-corrected chi connectivity index (χ0v) is 14.1. The zero-order chi connectivity index (χ0) is 17.4. The largest absolute Gasteiger partial charge is 0.508 e. The third-order valence-electron chi connectivity index (χ3n) is 5.10. The quantitative estimate of drug-likeness (QED) is 0.744. The Bertz CT molecular complexity index is 920. The molecule has 3 atom stereocenters. The summed E-state index contributed by atoms with van der Waals surface area (Å²) in [5, 5.41) is 15.8. The van der Waals surface area contributed by atoms with Crippen molar-refractivity contribution in [3.05, 3.63) is 77.9 Å². The van der Waals surface area contributed by atoms with Crippen molar-refractivity contribution in [1.29, 1.82) is 0 Å². The molecule has 0 radical (unpaired) electrons. The van der Waals surface area contributed by atoms with Gasteiger partial charge in [-0.3, -0.25) is 4.79 Å². The molecule has 0 saturated heterocycles. The number of hydrogen-bond acceptors (Lipinski definition) is 2. The lowest BCUT2D eigenvalue weighted by molar-refractivity contribution is -0.123. The molecule has 0 aliphatic heterocycles. The molecule has 1 fully saturated rings. The van der Waals surface area contributed by atoms with Crippen molar-refractivity contribution < 1.29 is 9.90 Å². The van der Waals surface area contributed by atoms with Crippen molar-refractivity contribution in [1.82, 2.24) is 5.32 Å². The topological polar surface area (TPSA) is 49.3 Å². The Balaban J connectivity index is 1.83. The van der Waals surface area contributed by atoms with E-state index in [0.717, 1.165) is 28.3 Å². The van der Waals surface area contributed by atoms with Crippen molar-refractivity contribution >= 4 is 16.7 Å². The monoisotopic (exact) mass is 331 g/mol. The highest BCUT2D eigenvalue weighted by Gasteiger charge is 2.40. The summed E-state index contributed by atoms with van der Waals surface area (Å²) in [6.45, 7) is 2.09. The van der Waals surface area contributed by atoms with Crippen LogP contribution in [0.3, 0.4) is 0 Å². The number of carbonyl (C=O) groups is 1. The molecule has 3 heteroatoms.